The molecule has 0 spiro atoms. The van der Waals surface area contributed by atoms with Crippen LogP contribution in [0.1, 0.15) is 10.4 Å². The van der Waals surface area contributed by atoms with E-state index in [0.717, 1.165) is 32.8 Å². The SMILES string of the molecule is COc1cc(C(=O)N2C[C@@H](CN3CCOCC3)[C@@H](CO)C2)ccn1. The molecule has 1 amide bonds. The highest BCUT2D eigenvalue weighted by molar-refractivity contribution is 5.94. The van der Waals surface area contributed by atoms with Crippen molar-refractivity contribution in [2.45, 2.75) is 0 Å². The Kier molecular flexibility index (Phi) is 5.65. The number of hydrogen-bond donors (Lipinski definition) is 1. The molecular weight excluding hydrogens is 310 g/mol. The van der Waals surface area contributed by atoms with Gasteiger partial charge in [0, 0.05) is 63.1 Å². The number of ether oxygens (including phenoxy) is 2. The fourth-order valence-corrected chi connectivity index (χ4v) is 3.47. The summed E-state index contributed by atoms with van der Waals surface area (Å²) in [5, 5.41) is 9.71. The van der Waals surface area contributed by atoms with Crippen LogP contribution in [0.5, 0.6) is 5.88 Å². The van der Waals surface area contributed by atoms with Gasteiger partial charge in [-0.2, -0.15) is 0 Å². The maximum Gasteiger partial charge on any atom is 0.254 e. The minimum absolute atomic E-state index is 0.0290. The van der Waals surface area contributed by atoms with Crippen molar-refractivity contribution in [3.63, 3.8) is 0 Å². The number of aliphatic hydroxyl groups is 1. The standard InChI is InChI=1S/C17H25N3O4/c1-23-16-8-13(2-3-18-16)17(22)20-10-14(15(11-20)12-21)9-19-4-6-24-7-5-19/h2-3,8,14-15,21H,4-7,9-12H2,1H3/t14-,15-/m1/s1. The second-order valence-electron chi connectivity index (χ2n) is 6.41. The summed E-state index contributed by atoms with van der Waals surface area (Å²) in [6.45, 7) is 5.64. The average Bonchev–Trinajstić information content (AvgIpc) is 3.04. The third kappa shape index (κ3) is 3.85. The Morgan fingerprint density at radius 2 is 2.12 bits per heavy atom. The van der Waals surface area contributed by atoms with Crippen molar-refractivity contribution in [3.05, 3.63) is 23.9 Å². The Balaban J connectivity index is 1.65. The van der Waals surface area contributed by atoms with E-state index in [1.54, 1.807) is 18.3 Å². The maximum absolute atomic E-state index is 12.7. The molecule has 2 saturated heterocycles. The summed E-state index contributed by atoms with van der Waals surface area (Å²) in [6.07, 6.45) is 1.58. The molecule has 0 aromatic carbocycles. The molecule has 2 aliphatic rings. The van der Waals surface area contributed by atoms with Gasteiger partial charge in [0.1, 0.15) is 0 Å². The molecule has 7 nitrogen and oxygen atoms in total. The monoisotopic (exact) mass is 335 g/mol. The molecule has 24 heavy (non-hydrogen) atoms. The Morgan fingerprint density at radius 3 is 2.83 bits per heavy atom. The first-order valence-corrected chi connectivity index (χ1v) is 8.41. The van der Waals surface area contributed by atoms with Crippen molar-refractivity contribution < 1.29 is 19.4 Å². The molecule has 0 radical (unpaired) electrons. The van der Waals surface area contributed by atoms with E-state index in [-0.39, 0.29) is 18.4 Å². The summed E-state index contributed by atoms with van der Waals surface area (Å²) in [5.74, 6) is 0.823. The quantitative estimate of drug-likeness (QED) is 0.823. The van der Waals surface area contributed by atoms with Crippen molar-refractivity contribution >= 4 is 5.91 Å². The third-order valence-corrected chi connectivity index (χ3v) is 4.89. The lowest BCUT2D eigenvalue weighted by Gasteiger charge is -2.30. The van der Waals surface area contributed by atoms with Gasteiger partial charge in [0.25, 0.3) is 5.91 Å². The summed E-state index contributed by atoms with van der Waals surface area (Å²) >= 11 is 0. The minimum Gasteiger partial charge on any atom is -0.481 e. The molecule has 0 bridgehead atoms. The van der Waals surface area contributed by atoms with E-state index >= 15 is 0 Å². The predicted octanol–water partition coefficient (Wildman–Crippen LogP) is 0.103. The number of aromatic nitrogens is 1. The van der Waals surface area contributed by atoms with Gasteiger partial charge in [0.05, 0.1) is 20.3 Å². The normalized spacial score (nSPS) is 25.0. The Labute approximate surface area is 142 Å². The minimum atomic E-state index is -0.0290. The molecular formula is C17H25N3O4. The van der Waals surface area contributed by atoms with Gasteiger partial charge in [-0.05, 0) is 12.0 Å². The third-order valence-electron chi connectivity index (χ3n) is 4.89. The van der Waals surface area contributed by atoms with Crippen molar-refractivity contribution in [1.29, 1.82) is 0 Å². The number of carbonyl (C=O) groups excluding carboxylic acids is 1. The van der Waals surface area contributed by atoms with Crippen LogP contribution in [0.2, 0.25) is 0 Å². The molecule has 2 aliphatic heterocycles. The van der Waals surface area contributed by atoms with E-state index in [4.69, 9.17) is 9.47 Å². The molecule has 0 saturated carbocycles. The molecule has 2 atom stereocenters. The van der Waals surface area contributed by atoms with Gasteiger partial charge in [-0.1, -0.05) is 0 Å². The topological polar surface area (TPSA) is 75.1 Å². The fraction of sp³-hybridized carbons (Fsp3) is 0.647. The van der Waals surface area contributed by atoms with Crippen LogP contribution in [-0.2, 0) is 4.74 Å². The molecule has 3 rings (SSSR count). The summed E-state index contributed by atoms with van der Waals surface area (Å²) in [7, 11) is 1.53. The lowest BCUT2D eigenvalue weighted by atomic mass is 9.96. The first kappa shape index (κ1) is 17.1. The number of rotatable bonds is 5. The first-order chi connectivity index (χ1) is 11.7. The van der Waals surface area contributed by atoms with Crippen LogP contribution < -0.4 is 4.74 Å². The van der Waals surface area contributed by atoms with Crippen LogP contribution in [0.3, 0.4) is 0 Å². The van der Waals surface area contributed by atoms with Gasteiger partial charge in [-0.15, -0.1) is 0 Å². The lowest BCUT2D eigenvalue weighted by Crippen LogP contribution is -2.41. The molecule has 0 unspecified atom stereocenters. The van der Waals surface area contributed by atoms with Gasteiger partial charge < -0.3 is 19.5 Å². The van der Waals surface area contributed by atoms with E-state index in [2.05, 4.69) is 9.88 Å². The largest absolute Gasteiger partial charge is 0.481 e. The summed E-state index contributed by atoms with van der Waals surface area (Å²) < 4.78 is 10.5. The van der Waals surface area contributed by atoms with Crippen LogP contribution in [0.15, 0.2) is 18.3 Å². The smallest absolute Gasteiger partial charge is 0.254 e. The van der Waals surface area contributed by atoms with Gasteiger partial charge in [0.2, 0.25) is 5.88 Å². The molecule has 0 aliphatic carbocycles. The molecule has 7 heteroatoms. The molecule has 1 aromatic heterocycles. The summed E-state index contributed by atoms with van der Waals surface area (Å²) in [6, 6.07) is 3.36. The highest BCUT2D eigenvalue weighted by atomic mass is 16.5. The highest BCUT2D eigenvalue weighted by Crippen LogP contribution is 2.26. The number of amides is 1. The molecule has 132 valence electrons. The number of morpholine rings is 1. The zero-order valence-corrected chi connectivity index (χ0v) is 14.1. The molecule has 3 heterocycles. The van der Waals surface area contributed by atoms with Crippen molar-refractivity contribution in [2.75, 3.05) is 59.7 Å². The Morgan fingerprint density at radius 1 is 1.38 bits per heavy atom. The number of methoxy groups -OCH3 is 1. The number of likely N-dealkylation sites (tertiary alicyclic amines) is 1. The van der Waals surface area contributed by atoms with Crippen molar-refractivity contribution in [1.82, 2.24) is 14.8 Å². The van der Waals surface area contributed by atoms with E-state index in [1.165, 1.54) is 7.11 Å². The van der Waals surface area contributed by atoms with Crippen LogP contribution in [0, 0.1) is 11.8 Å². The van der Waals surface area contributed by atoms with Crippen LogP contribution in [0.25, 0.3) is 0 Å². The second kappa shape index (κ2) is 7.92. The van der Waals surface area contributed by atoms with Crippen molar-refractivity contribution in [3.8, 4) is 5.88 Å². The second-order valence-corrected chi connectivity index (χ2v) is 6.41. The lowest BCUT2D eigenvalue weighted by molar-refractivity contribution is 0.0264. The Bertz CT molecular complexity index is 563. The number of pyridine rings is 1. The zero-order valence-electron chi connectivity index (χ0n) is 14.1. The molecule has 2 fully saturated rings. The van der Waals surface area contributed by atoms with Gasteiger partial charge in [-0.25, -0.2) is 4.98 Å². The number of carbonyl (C=O) groups is 1. The summed E-state index contributed by atoms with van der Waals surface area (Å²) in [4.78, 5) is 21.0. The number of nitrogens with zero attached hydrogens (tertiary/aromatic N) is 3. The van der Waals surface area contributed by atoms with Crippen LogP contribution in [-0.4, -0.2) is 85.5 Å². The molecule has 1 aromatic rings. The van der Waals surface area contributed by atoms with E-state index in [9.17, 15) is 9.90 Å². The summed E-state index contributed by atoms with van der Waals surface area (Å²) in [5.41, 5.74) is 0.575. The van der Waals surface area contributed by atoms with Gasteiger partial charge in [-0.3, -0.25) is 9.69 Å². The predicted molar refractivity (Wildman–Crippen MR) is 88.0 cm³/mol. The van der Waals surface area contributed by atoms with Gasteiger partial charge >= 0.3 is 0 Å². The van der Waals surface area contributed by atoms with E-state index in [0.29, 0.717) is 30.5 Å². The highest BCUT2D eigenvalue weighted by Gasteiger charge is 2.36. The average molecular weight is 335 g/mol. The van der Waals surface area contributed by atoms with E-state index < -0.39 is 0 Å². The van der Waals surface area contributed by atoms with Gasteiger partial charge in [0.15, 0.2) is 0 Å². The maximum atomic E-state index is 12.7. The zero-order chi connectivity index (χ0) is 16.9. The number of hydrogen-bond acceptors (Lipinski definition) is 6. The first-order valence-electron chi connectivity index (χ1n) is 8.41. The molecule has 1 N–H and O–H groups in total. The van der Waals surface area contributed by atoms with Crippen LogP contribution in [0.4, 0.5) is 0 Å². The Hall–Kier alpha value is -1.70. The fourth-order valence-electron chi connectivity index (χ4n) is 3.47. The van der Waals surface area contributed by atoms with E-state index in [1.807, 2.05) is 4.90 Å². The number of aliphatic hydroxyl groups excluding tert-OH is 1. The van der Waals surface area contributed by atoms with Crippen LogP contribution >= 0.6 is 0 Å². The van der Waals surface area contributed by atoms with Crippen molar-refractivity contribution in [2.24, 2.45) is 11.8 Å².